The first-order valence-corrected chi connectivity index (χ1v) is 8.15. The Hall–Kier alpha value is -1.84. The molecule has 0 amide bonds. The van der Waals surface area contributed by atoms with E-state index in [1.165, 1.54) is 0 Å². The van der Waals surface area contributed by atoms with Gasteiger partial charge in [-0.05, 0) is 54.2 Å². The Kier molecular flexibility index (Phi) is 2.80. The summed E-state index contributed by atoms with van der Waals surface area (Å²) >= 11 is 0. The van der Waals surface area contributed by atoms with E-state index in [9.17, 15) is 10.2 Å². The van der Waals surface area contributed by atoms with Crippen LogP contribution in [0.5, 0.6) is 5.75 Å². The van der Waals surface area contributed by atoms with E-state index in [1.807, 2.05) is 44.2 Å². The maximum atomic E-state index is 11.3. The Balaban J connectivity index is 1.90. The number of fused-ring (bicyclic) bond motifs is 5. The molecule has 120 valence electrons. The van der Waals surface area contributed by atoms with Gasteiger partial charge in [-0.3, -0.25) is 0 Å². The topological polar surface area (TPSA) is 49.7 Å². The van der Waals surface area contributed by atoms with Crippen LogP contribution in [0.1, 0.15) is 53.1 Å². The quantitative estimate of drug-likeness (QED) is 0.848. The fourth-order valence-corrected chi connectivity index (χ4v) is 3.86. The second-order valence-corrected chi connectivity index (χ2v) is 7.29. The summed E-state index contributed by atoms with van der Waals surface area (Å²) < 4.78 is 5.94. The van der Waals surface area contributed by atoms with Gasteiger partial charge in [0.25, 0.3) is 5.79 Å². The van der Waals surface area contributed by atoms with Gasteiger partial charge in [0, 0.05) is 17.5 Å². The molecule has 2 aromatic carbocycles. The SMILES string of the molecule is Cc1cc2c(cc1C)C1(O)Oc3cc(C(C)C)ccc3C1(O)C2. The van der Waals surface area contributed by atoms with E-state index in [0.717, 1.165) is 22.3 Å². The third kappa shape index (κ3) is 1.72. The predicted octanol–water partition coefficient (Wildman–Crippen LogP) is 3.41. The Bertz CT molecular complexity index is 824. The largest absolute Gasteiger partial charge is 0.454 e. The minimum Gasteiger partial charge on any atom is -0.454 e. The van der Waals surface area contributed by atoms with Crippen LogP contribution >= 0.6 is 0 Å². The fraction of sp³-hybridized carbons (Fsp3) is 0.400. The highest BCUT2D eigenvalue weighted by molar-refractivity contribution is 5.56. The Morgan fingerprint density at radius 2 is 1.70 bits per heavy atom. The van der Waals surface area contributed by atoms with Gasteiger partial charge < -0.3 is 14.9 Å². The summed E-state index contributed by atoms with van der Waals surface area (Å²) in [5.41, 5.74) is 4.28. The smallest absolute Gasteiger partial charge is 0.268 e. The van der Waals surface area contributed by atoms with E-state index in [-0.39, 0.29) is 0 Å². The van der Waals surface area contributed by atoms with Crippen molar-refractivity contribution < 1.29 is 14.9 Å². The molecule has 2 aromatic rings. The lowest BCUT2D eigenvalue weighted by atomic mass is 9.87. The molecule has 3 heteroatoms. The fourth-order valence-electron chi connectivity index (χ4n) is 3.86. The summed E-state index contributed by atoms with van der Waals surface area (Å²) in [7, 11) is 0. The van der Waals surface area contributed by atoms with Crippen LogP contribution in [0.25, 0.3) is 0 Å². The molecule has 4 rings (SSSR count). The van der Waals surface area contributed by atoms with Crippen LogP contribution in [0.4, 0.5) is 0 Å². The molecule has 2 aliphatic rings. The van der Waals surface area contributed by atoms with Gasteiger partial charge in [0.15, 0.2) is 5.60 Å². The van der Waals surface area contributed by atoms with Crippen molar-refractivity contribution in [1.29, 1.82) is 0 Å². The Labute approximate surface area is 136 Å². The molecule has 23 heavy (non-hydrogen) atoms. The van der Waals surface area contributed by atoms with E-state index < -0.39 is 11.4 Å². The molecule has 1 aliphatic carbocycles. The maximum Gasteiger partial charge on any atom is 0.268 e. The lowest BCUT2D eigenvalue weighted by Gasteiger charge is -2.30. The zero-order valence-electron chi connectivity index (χ0n) is 14.0. The first-order valence-electron chi connectivity index (χ1n) is 8.15. The zero-order chi connectivity index (χ0) is 16.6. The van der Waals surface area contributed by atoms with Crippen molar-refractivity contribution in [2.75, 3.05) is 0 Å². The van der Waals surface area contributed by atoms with Gasteiger partial charge in [-0.25, -0.2) is 0 Å². The highest BCUT2D eigenvalue weighted by Gasteiger charge is 2.65. The lowest BCUT2D eigenvalue weighted by molar-refractivity contribution is -0.243. The van der Waals surface area contributed by atoms with Crippen molar-refractivity contribution in [2.45, 2.75) is 51.4 Å². The van der Waals surface area contributed by atoms with Gasteiger partial charge in [-0.2, -0.15) is 0 Å². The number of hydrogen-bond acceptors (Lipinski definition) is 3. The van der Waals surface area contributed by atoms with Crippen LogP contribution < -0.4 is 4.74 Å². The second-order valence-electron chi connectivity index (χ2n) is 7.29. The minimum absolute atomic E-state index is 0.366. The van der Waals surface area contributed by atoms with E-state index in [1.54, 1.807) is 0 Å². The molecule has 2 atom stereocenters. The van der Waals surface area contributed by atoms with E-state index in [2.05, 4.69) is 13.8 Å². The van der Waals surface area contributed by atoms with Gasteiger partial charge in [-0.15, -0.1) is 0 Å². The molecule has 0 spiro atoms. The number of aliphatic hydroxyl groups is 2. The average molecular weight is 310 g/mol. The molecule has 0 bridgehead atoms. The molecule has 0 saturated carbocycles. The summed E-state index contributed by atoms with van der Waals surface area (Å²) in [6.45, 7) is 8.28. The van der Waals surface area contributed by atoms with E-state index in [4.69, 9.17) is 4.74 Å². The molecule has 3 nitrogen and oxygen atoms in total. The van der Waals surface area contributed by atoms with Gasteiger partial charge in [0.05, 0.1) is 0 Å². The second kappa shape index (κ2) is 4.37. The first kappa shape index (κ1) is 14.7. The molecular weight excluding hydrogens is 288 g/mol. The number of hydrogen-bond donors (Lipinski definition) is 2. The van der Waals surface area contributed by atoms with Gasteiger partial charge in [-0.1, -0.05) is 32.0 Å². The summed E-state index contributed by atoms with van der Waals surface area (Å²) in [6, 6.07) is 9.83. The summed E-state index contributed by atoms with van der Waals surface area (Å²) in [5.74, 6) is -0.741. The molecule has 0 fully saturated rings. The molecule has 1 heterocycles. The van der Waals surface area contributed by atoms with E-state index >= 15 is 0 Å². The summed E-state index contributed by atoms with van der Waals surface area (Å²) in [4.78, 5) is 0. The third-order valence-electron chi connectivity index (χ3n) is 5.47. The molecule has 1 aliphatic heterocycles. The summed E-state index contributed by atoms with van der Waals surface area (Å²) in [5, 5.41) is 22.5. The standard InChI is InChI=1S/C20H22O3/c1-11(2)14-5-6-16-18(9-14)23-20(22)17-8-13(4)12(3)7-15(17)10-19(16,20)21/h5-9,11,21-22H,10H2,1-4H3. The van der Waals surface area contributed by atoms with E-state index in [0.29, 0.717) is 29.2 Å². The van der Waals surface area contributed by atoms with Crippen molar-refractivity contribution >= 4 is 0 Å². The van der Waals surface area contributed by atoms with Crippen LogP contribution in [0.2, 0.25) is 0 Å². The maximum absolute atomic E-state index is 11.3. The molecule has 0 radical (unpaired) electrons. The number of aryl methyl sites for hydroxylation is 2. The van der Waals surface area contributed by atoms with Crippen LogP contribution in [0.15, 0.2) is 30.3 Å². The number of ether oxygens (including phenoxy) is 1. The van der Waals surface area contributed by atoms with Crippen LogP contribution in [-0.4, -0.2) is 10.2 Å². The minimum atomic E-state index is -1.70. The zero-order valence-corrected chi connectivity index (χ0v) is 14.0. The predicted molar refractivity (Wildman–Crippen MR) is 88.6 cm³/mol. The lowest BCUT2D eigenvalue weighted by Crippen LogP contribution is -2.45. The Morgan fingerprint density at radius 1 is 1.00 bits per heavy atom. The third-order valence-corrected chi connectivity index (χ3v) is 5.47. The molecule has 0 aromatic heterocycles. The van der Waals surface area contributed by atoms with Gasteiger partial charge in [0.1, 0.15) is 5.75 Å². The highest BCUT2D eigenvalue weighted by atomic mass is 16.7. The number of benzene rings is 2. The Morgan fingerprint density at radius 3 is 2.39 bits per heavy atom. The van der Waals surface area contributed by atoms with Crippen molar-refractivity contribution in [3.63, 3.8) is 0 Å². The van der Waals surface area contributed by atoms with Crippen molar-refractivity contribution in [1.82, 2.24) is 0 Å². The van der Waals surface area contributed by atoms with Crippen LogP contribution in [0.3, 0.4) is 0 Å². The average Bonchev–Trinajstić information content (AvgIpc) is 2.82. The summed E-state index contributed by atoms with van der Waals surface area (Å²) in [6.07, 6.45) is 0.369. The van der Waals surface area contributed by atoms with Crippen molar-refractivity contribution in [3.05, 3.63) is 63.7 Å². The molecule has 2 N–H and O–H groups in total. The normalized spacial score (nSPS) is 27.6. The van der Waals surface area contributed by atoms with Gasteiger partial charge >= 0.3 is 0 Å². The highest BCUT2D eigenvalue weighted by Crippen LogP contribution is 2.58. The van der Waals surface area contributed by atoms with Gasteiger partial charge in [0.2, 0.25) is 0 Å². The molecule has 2 unspecified atom stereocenters. The van der Waals surface area contributed by atoms with Crippen LogP contribution in [-0.2, 0) is 17.8 Å². The van der Waals surface area contributed by atoms with Crippen LogP contribution in [0, 0.1) is 13.8 Å². The molecule has 0 saturated heterocycles. The first-order chi connectivity index (χ1) is 10.8. The van der Waals surface area contributed by atoms with Crippen molar-refractivity contribution in [3.8, 4) is 5.75 Å². The monoisotopic (exact) mass is 310 g/mol. The number of rotatable bonds is 1. The van der Waals surface area contributed by atoms with Crippen molar-refractivity contribution in [2.24, 2.45) is 0 Å². The molecular formula is C20H22O3.